The monoisotopic (exact) mass is 218 g/mol. The Kier molecular flexibility index (Phi) is 1.93. The first kappa shape index (κ1) is 8.78. The molecule has 0 aliphatic heterocycles. The summed E-state index contributed by atoms with van der Waals surface area (Å²) >= 11 is 10.5. The molecule has 2 aromatic rings. The van der Waals surface area contributed by atoms with Crippen LogP contribution in [0.3, 0.4) is 0 Å². The second-order valence-electron chi connectivity index (χ2n) is 2.60. The van der Waals surface area contributed by atoms with Gasteiger partial charge in [-0.15, -0.1) is 0 Å². The molecule has 0 unspecified atom stereocenters. The van der Waals surface area contributed by atoms with E-state index < -0.39 is 4.59 Å². The van der Waals surface area contributed by atoms with Crippen molar-refractivity contribution in [3.63, 3.8) is 0 Å². The summed E-state index contributed by atoms with van der Waals surface area (Å²) in [6.07, 6.45) is 0. The van der Waals surface area contributed by atoms with Gasteiger partial charge in [0.2, 0.25) is 0 Å². The van der Waals surface area contributed by atoms with Crippen LogP contribution in [0.5, 0.6) is 0 Å². The third kappa shape index (κ3) is 1.62. The molecule has 1 N–H and O–H groups in total. The van der Waals surface area contributed by atoms with Crippen LogP contribution in [-0.2, 0) is 4.59 Å². The van der Waals surface area contributed by atoms with Crippen LogP contribution < -0.4 is 0 Å². The highest BCUT2D eigenvalue weighted by Gasteiger charge is 2.29. The molecule has 0 aliphatic carbocycles. The number of aromatic nitrogens is 2. The number of nitrogens with one attached hydrogen (secondary N) is 1. The van der Waals surface area contributed by atoms with Gasteiger partial charge in [-0.2, -0.15) is 4.39 Å². The first-order valence-corrected chi connectivity index (χ1v) is 4.35. The fourth-order valence-electron chi connectivity index (χ4n) is 1.09. The van der Waals surface area contributed by atoms with Crippen molar-refractivity contribution in [3.05, 3.63) is 30.1 Å². The van der Waals surface area contributed by atoms with E-state index in [1.807, 2.05) is 6.07 Å². The van der Waals surface area contributed by atoms with Crippen molar-refractivity contribution < 1.29 is 4.39 Å². The van der Waals surface area contributed by atoms with Crippen LogP contribution in [0, 0.1) is 0 Å². The number of alkyl halides is 3. The summed E-state index contributed by atoms with van der Waals surface area (Å²) in [6, 6.07) is 7.13. The number of imidazole rings is 1. The van der Waals surface area contributed by atoms with Gasteiger partial charge in [-0.05, 0) is 12.1 Å². The minimum absolute atomic E-state index is 0.0861. The zero-order chi connectivity index (χ0) is 9.47. The van der Waals surface area contributed by atoms with Gasteiger partial charge in [0.15, 0.2) is 5.82 Å². The first-order valence-electron chi connectivity index (χ1n) is 3.59. The van der Waals surface area contributed by atoms with Crippen molar-refractivity contribution in [3.8, 4) is 0 Å². The van der Waals surface area contributed by atoms with Crippen molar-refractivity contribution in [1.82, 2.24) is 9.97 Å². The van der Waals surface area contributed by atoms with Crippen molar-refractivity contribution in [1.29, 1.82) is 0 Å². The average Bonchev–Trinajstić information content (AvgIpc) is 2.45. The number of nitrogens with zero attached hydrogens (tertiary/aromatic N) is 1. The number of aromatic amines is 1. The summed E-state index contributed by atoms with van der Waals surface area (Å²) in [4.78, 5) is 6.58. The molecule has 2 nitrogen and oxygen atoms in total. The molecule has 13 heavy (non-hydrogen) atoms. The summed E-state index contributed by atoms with van der Waals surface area (Å²) in [5, 5.41) is 0. The van der Waals surface area contributed by atoms with Gasteiger partial charge in [0.05, 0.1) is 11.0 Å². The largest absolute Gasteiger partial charge is 0.337 e. The van der Waals surface area contributed by atoms with Gasteiger partial charge in [0.1, 0.15) is 0 Å². The Morgan fingerprint density at radius 1 is 1.31 bits per heavy atom. The van der Waals surface area contributed by atoms with E-state index >= 15 is 0 Å². The molecule has 0 radical (unpaired) electrons. The third-order valence-corrected chi connectivity index (χ3v) is 2.02. The Labute approximate surface area is 83.7 Å². The van der Waals surface area contributed by atoms with Gasteiger partial charge >= 0.3 is 4.59 Å². The lowest BCUT2D eigenvalue weighted by Crippen LogP contribution is -2.03. The zero-order valence-corrected chi connectivity index (χ0v) is 7.90. The number of benzene rings is 1. The van der Waals surface area contributed by atoms with E-state index in [1.54, 1.807) is 18.2 Å². The Bertz CT molecular complexity index is 400. The predicted octanol–water partition coefficient (Wildman–Crippen LogP) is 3.12. The lowest BCUT2D eigenvalue weighted by atomic mass is 10.3. The molecule has 0 atom stereocenters. The molecule has 1 aromatic carbocycles. The molecule has 2 rings (SSSR count). The lowest BCUT2D eigenvalue weighted by molar-refractivity contribution is 0.389. The molecule has 0 saturated carbocycles. The Balaban J connectivity index is 2.63. The zero-order valence-electron chi connectivity index (χ0n) is 6.39. The van der Waals surface area contributed by atoms with Crippen molar-refractivity contribution in [2.45, 2.75) is 4.59 Å². The maximum Gasteiger partial charge on any atom is 0.315 e. The Hall–Kier alpha value is -0.800. The molecule has 0 saturated heterocycles. The minimum Gasteiger partial charge on any atom is -0.337 e. The lowest BCUT2D eigenvalue weighted by Gasteiger charge is -2.02. The molecule has 0 aliphatic rings. The van der Waals surface area contributed by atoms with Gasteiger partial charge in [-0.3, -0.25) is 0 Å². The Morgan fingerprint density at radius 2 is 2.00 bits per heavy atom. The van der Waals surface area contributed by atoms with Gasteiger partial charge in [-0.25, -0.2) is 4.98 Å². The van der Waals surface area contributed by atoms with Gasteiger partial charge in [0, 0.05) is 0 Å². The maximum absolute atomic E-state index is 13.0. The van der Waals surface area contributed by atoms with Crippen molar-refractivity contribution in [2.75, 3.05) is 0 Å². The summed E-state index contributed by atoms with van der Waals surface area (Å²) < 4.78 is 10.5. The maximum atomic E-state index is 13.0. The molecule has 0 fully saturated rings. The second kappa shape index (κ2) is 2.86. The fraction of sp³-hybridized carbons (Fsp3) is 0.125. The van der Waals surface area contributed by atoms with Crippen LogP contribution in [0.25, 0.3) is 11.0 Å². The number of fused-ring (bicyclic) bond motifs is 1. The topological polar surface area (TPSA) is 28.7 Å². The van der Waals surface area contributed by atoms with Crippen LogP contribution in [-0.4, -0.2) is 9.97 Å². The van der Waals surface area contributed by atoms with E-state index in [-0.39, 0.29) is 5.82 Å². The molecule has 68 valence electrons. The summed E-state index contributed by atoms with van der Waals surface area (Å²) in [5.41, 5.74) is 1.35. The summed E-state index contributed by atoms with van der Waals surface area (Å²) in [5.74, 6) is -0.0861. The van der Waals surface area contributed by atoms with E-state index in [9.17, 15) is 4.39 Å². The van der Waals surface area contributed by atoms with E-state index in [1.165, 1.54) is 0 Å². The molecular formula is C8H5Cl2FN2. The molecular weight excluding hydrogens is 214 g/mol. The molecule has 1 aromatic heterocycles. The number of hydrogen-bond donors (Lipinski definition) is 1. The molecule has 0 amide bonds. The number of rotatable bonds is 1. The highest BCUT2D eigenvalue weighted by molar-refractivity contribution is 6.46. The third-order valence-electron chi connectivity index (χ3n) is 1.66. The highest BCUT2D eigenvalue weighted by atomic mass is 35.5. The number of H-pyrrole nitrogens is 1. The predicted molar refractivity (Wildman–Crippen MR) is 50.6 cm³/mol. The van der Waals surface area contributed by atoms with Crippen molar-refractivity contribution in [2.24, 2.45) is 0 Å². The quantitative estimate of drug-likeness (QED) is 0.733. The van der Waals surface area contributed by atoms with Gasteiger partial charge < -0.3 is 4.98 Å². The average molecular weight is 219 g/mol. The van der Waals surface area contributed by atoms with Crippen LogP contribution >= 0.6 is 23.2 Å². The Morgan fingerprint density at radius 3 is 2.62 bits per heavy atom. The van der Waals surface area contributed by atoms with E-state index in [0.29, 0.717) is 11.0 Å². The molecule has 0 bridgehead atoms. The molecule has 1 heterocycles. The van der Waals surface area contributed by atoms with E-state index in [2.05, 4.69) is 9.97 Å². The number of hydrogen-bond acceptors (Lipinski definition) is 1. The van der Waals surface area contributed by atoms with Crippen LogP contribution in [0.4, 0.5) is 4.39 Å². The van der Waals surface area contributed by atoms with Crippen LogP contribution in [0.1, 0.15) is 5.82 Å². The van der Waals surface area contributed by atoms with Crippen LogP contribution in [0.2, 0.25) is 0 Å². The fourth-order valence-corrected chi connectivity index (χ4v) is 1.27. The summed E-state index contributed by atoms with van der Waals surface area (Å²) in [7, 11) is 0. The summed E-state index contributed by atoms with van der Waals surface area (Å²) in [6.45, 7) is 0. The normalized spacial score (nSPS) is 12.2. The smallest absolute Gasteiger partial charge is 0.315 e. The molecule has 5 heteroatoms. The van der Waals surface area contributed by atoms with E-state index in [0.717, 1.165) is 0 Å². The van der Waals surface area contributed by atoms with E-state index in [4.69, 9.17) is 23.2 Å². The first-order chi connectivity index (χ1) is 6.07. The van der Waals surface area contributed by atoms with Crippen molar-refractivity contribution >= 4 is 34.2 Å². The van der Waals surface area contributed by atoms with Gasteiger partial charge in [-0.1, -0.05) is 35.3 Å². The SMILES string of the molecule is FC(Cl)(Cl)c1nc2ccccc2[nH]1. The van der Waals surface area contributed by atoms with Crippen LogP contribution in [0.15, 0.2) is 24.3 Å². The number of halogens is 3. The number of para-hydroxylation sites is 2. The van der Waals surface area contributed by atoms with Gasteiger partial charge in [0.25, 0.3) is 0 Å². The minimum atomic E-state index is -2.46. The molecule has 0 spiro atoms. The standard InChI is InChI=1S/C8H5Cl2FN2/c9-8(10,11)7-12-5-3-1-2-4-6(5)13-7/h1-4H,(H,12,13). The second-order valence-corrected chi connectivity index (χ2v) is 3.84. The highest BCUT2D eigenvalue weighted by Crippen LogP contribution is 2.33.